The Morgan fingerprint density at radius 1 is 1.07 bits per heavy atom. The third kappa shape index (κ3) is 6.72. The summed E-state index contributed by atoms with van der Waals surface area (Å²) in [5, 5.41) is 2.47. The molecule has 1 aliphatic heterocycles. The van der Waals surface area contributed by atoms with Gasteiger partial charge >= 0.3 is 6.09 Å². The molecule has 1 aromatic carbocycles. The summed E-state index contributed by atoms with van der Waals surface area (Å²) in [6.07, 6.45) is 2.78. The molecule has 1 saturated heterocycles. The molecule has 0 spiro atoms. The predicted octanol–water partition coefficient (Wildman–Crippen LogP) is 2.20. The molecule has 152 valence electrons. The zero-order valence-electron chi connectivity index (χ0n) is 17.0. The van der Waals surface area contributed by atoms with E-state index in [4.69, 9.17) is 4.74 Å². The maximum Gasteiger partial charge on any atom is 0.408 e. The van der Waals surface area contributed by atoms with Gasteiger partial charge in [0.25, 0.3) is 0 Å². The van der Waals surface area contributed by atoms with Crippen molar-refractivity contribution < 1.29 is 19.1 Å². The van der Waals surface area contributed by atoms with Crippen LogP contribution in [0.2, 0.25) is 0 Å². The molecule has 0 bridgehead atoms. The molecule has 3 amide bonds. The number of aryl methyl sites for hydroxylation is 1. The van der Waals surface area contributed by atoms with Gasteiger partial charge in [0.15, 0.2) is 0 Å². The van der Waals surface area contributed by atoms with Crippen molar-refractivity contribution in [2.75, 3.05) is 32.7 Å². The molecule has 0 aromatic heterocycles. The summed E-state index contributed by atoms with van der Waals surface area (Å²) in [6, 6.07) is 7.86. The van der Waals surface area contributed by atoms with Gasteiger partial charge in [0.1, 0.15) is 12.1 Å². The fraction of sp³-hybridized carbons (Fsp3) is 0.476. The Bertz CT molecular complexity index is 744. The second kappa shape index (κ2) is 9.39. The first-order valence-corrected chi connectivity index (χ1v) is 9.43. The molecule has 0 atom stereocenters. The first kappa shape index (κ1) is 21.5. The number of benzene rings is 1. The number of nitrogens with zero attached hydrogens (tertiary/aromatic N) is 2. The van der Waals surface area contributed by atoms with Gasteiger partial charge in [0.2, 0.25) is 11.8 Å². The molecule has 0 aliphatic carbocycles. The average Bonchev–Trinajstić information content (AvgIpc) is 2.64. The number of hydrogen-bond donors (Lipinski definition) is 1. The molecule has 1 N–H and O–H groups in total. The SMILES string of the molecule is Cc1ccccc1/C=C/C(=O)N1CCN(C(=O)CNC(=O)OC(C)(C)C)CC1. The third-order valence-corrected chi connectivity index (χ3v) is 4.32. The molecule has 0 radical (unpaired) electrons. The van der Waals surface area contributed by atoms with E-state index in [2.05, 4.69) is 5.32 Å². The van der Waals surface area contributed by atoms with Gasteiger partial charge in [-0.05, 0) is 44.9 Å². The topological polar surface area (TPSA) is 79.0 Å². The zero-order valence-corrected chi connectivity index (χ0v) is 17.0. The lowest BCUT2D eigenvalue weighted by Gasteiger charge is -2.34. The fourth-order valence-electron chi connectivity index (χ4n) is 2.79. The van der Waals surface area contributed by atoms with Crippen LogP contribution in [0.4, 0.5) is 4.79 Å². The molecule has 7 heteroatoms. The van der Waals surface area contributed by atoms with Crippen LogP contribution in [0.3, 0.4) is 0 Å². The summed E-state index contributed by atoms with van der Waals surface area (Å²) < 4.78 is 5.11. The van der Waals surface area contributed by atoms with Crippen LogP contribution >= 0.6 is 0 Å². The van der Waals surface area contributed by atoms with E-state index < -0.39 is 11.7 Å². The van der Waals surface area contributed by atoms with Gasteiger partial charge in [-0.3, -0.25) is 9.59 Å². The Morgan fingerprint density at radius 3 is 2.29 bits per heavy atom. The molecule has 2 rings (SSSR count). The van der Waals surface area contributed by atoms with Crippen LogP contribution < -0.4 is 5.32 Å². The predicted molar refractivity (Wildman–Crippen MR) is 108 cm³/mol. The maximum atomic E-state index is 12.4. The van der Waals surface area contributed by atoms with Crippen molar-refractivity contribution >= 4 is 24.0 Å². The van der Waals surface area contributed by atoms with Crippen LogP contribution in [-0.2, 0) is 14.3 Å². The minimum atomic E-state index is -0.615. The van der Waals surface area contributed by atoms with Crippen molar-refractivity contribution in [2.24, 2.45) is 0 Å². The van der Waals surface area contributed by atoms with Crippen LogP contribution in [0.1, 0.15) is 31.9 Å². The van der Waals surface area contributed by atoms with Crippen molar-refractivity contribution in [1.82, 2.24) is 15.1 Å². The van der Waals surface area contributed by atoms with Crippen LogP contribution in [0, 0.1) is 6.92 Å². The molecule has 0 saturated carbocycles. The minimum absolute atomic E-state index is 0.0674. The summed E-state index contributed by atoms with van der Waals surface area (Å²) in [5.41, 5.74) is 1.52. The molecule has 1 aliphatic rings. The van der Waals surface area contributed by atoms with Gasteiger partial charge in [-0.25, -0.2) is 4.79 Å². The highest BCUT2D eigenvalue weighted by Gasteiger charge is 2.24. The van der Waals surface area contributed by atoms with E-state index in [-0.39, 0.29) is 18.4 Å². The summed E-state index contributed by atoms with van der Waals surface area (Å²) >= 11 is 0. The largest absolute Gasteiger partial charge is 0.444 e. The number of carbonyl (C=O) groups excluding carboxylic acids is 3. The van der Waals surface area contributed by atoms with Gasteiger partial charge in [0, 0.05) is 32.3 Å². The van der Waals surface area contributed by atoms with Gasteiger partial charge in [0.05, 0.1) is 0 Å². The summed E-state index contributed by atoms with van der Waals surface area (Å²) in [7, 11) is 0. The van der Waals surface area contributed by atoms with E-state index in [0.29, 0.717) is 26.2 Å². The zero-order chi connectivity index (χ0) is 20.7. The summed E-state index contributed by atoms with van der Waals surface area (Å²) in [6.45, 7) is 8.99. The normalized spacial score (nSPS) is 14.9. The molecule has 1 aromatic rings. The highest BCUT2D eigenvalue weighted by Crippen LogP contribution is 2.10. The van der Waals surface area contributed by atoms with E-state index in [0.717, 1.165) is 11.1 Å². The van der Waals surface area contributed by atoms with Crippen molar-refractivity contribution in [3.05, 3.63) is 41.5 Å². The number of carbonyl (C=O) groups is 3. The van der Waals surface area contributed by atoms with Crippen molar-refractivity contribution in [3.63, 3.8) is 0 Å². The molecule has 7 nitrogen and oxygen atoms in total. The third-order valence-electron chi connectivity index (χ3n) is 4.32. The highest BCUT2D eigenvalue weighted by molar-refractivity contribution is 5.92. The van der Waals surface area contributed by atoms with Gasteiger partial charge in [-0.2, -0.15) is 0 Å². The van der Waals surface area contributed by atoms with E-state index in [9.17, 15) is 14.4 Å². The molecule has 0 unspecified atom stereocenters. The van der Waals surface area contributed by atoms with Gasteiger partial charge < -0.3 is 19.9 Å². The number of rotatable bonds is 4. The first-order valence-electron chi connectivity index (χ1n) is 9.43. The summed E-state index contributed by atoms with van der Waals surface area (Å²) in [5.74, 6) is -0.254. The Hall–Kier alpha value is -2.83. The number of amides is 3. The lowest BCUT2D eigenvalue weighted by Crippen LogP contribution is -2.52. The Kier molecular flexibility index (Phi) is 7.20. The summed E-state index contributed by atoms with van der Waals surface area (Å²) in [4.78, 5) is 39.6. The monoisotopic (exact) mass is 387 g/mol. The maximum absolute atomic E-state index is 12.4. The average molecular weight is 387 g/mol. The van der Waals surface area contributed by atoms with Crippen LogP contribution in [0.5, 0.6) is 0 Å². The van der Waals surface area contributed by atoms with E-state index >= 15 is 0 Å². The lowest BCUT2D eigenvalue weighted by molar-refractivity contribution is -0.136. The Morgan fingerprint density at radius 2 is 1.68 bits per heavy atom. The highest BCUT2D eigenvalue weighted by atomic mass is 16.6. The van der Waals surface area contributed by atoms with Crippen LogP contribution in [0.25, 0.3) is 6.08 Å². The second-order valence-corrected chi connectivity index (χ2v) is 7.75. The van der Waals surface area contributed by atoms with E-state index in [1.807, 2.05) is 37.3 Å². The standard InChI is InChI=1S/C21H29N3O4/c1-16-7-5-6-8-17(16)9-10-18(25)23-11-13-24(14-12-23)19(26)15-22-20(27)28-21(2,3)4/h5-10H,11-15H2,1-4H3,(H,22,27)/b10-9+. The van der Waals surface area contributed by atoms with E-state index in [1.54, 1.807) is 36.6 Å². The molecule has 28 heavy (non-hydrogen) atoms. The first-order chi connectivity index (χ1) is 13.2. The quantitative estimate of drug-likeness (QED) is 0.804. The number of hydrogen-bond acceptors (Lipinski definition) is 4. The lowest BCUT2D eigenvalue weighted by atomic mass is 10.1. The minimum Gasteiger partial charge on any atom is -0.444 e. The fourth-order valence-corrected chi connectivity index (χ4v) is 2.79. The van der Waals surface area contributed by atoms with Crippen molar-refractivity contribution in [3.8, 4) is 0 Å². The van der Waals surface area contributed by atoms with Gasteiger partial charge in [-0.1, -0.05) is 24.3 Å². The van der Waals surface area contributed by atoms with Crippen molar-refractivity contribution in [2.45, 2.75) is 33.3 Å². The number of alkyl carbamates (subject to hydrolysis) is 1. The molecular weight excluding hydrogens is 358 g/mol. The van der Waals surface area contributed by atoms with Gasteiger partial charge in [-0.15, -0.1) is 0 Å². The second-order valence-electron chi connectivity index (χ2n) is 7.75. The van der Waals surface area contributed by atoms with Crippen LogP contribution in [0.15, 0.2) is 30.3 Å². The Balaban J connectivity index is 1.77. The number of nitrogens with one attached hydrogen (secondary N) is 1. The molecular formula is C21H29N3O4. The van der Waals surface area contributed by atoms with E-state index in [1.165, 1.54) is 0 Å². The molecule has 1 heterocycles. The number of ether oxygens (including phenoxy) is 1. The Labute approximate surface area is 166 Å². The molecule has 1 fully saturated rings. The smallest absolute Gasteiger partial charge is 0.408 e. The van der Waals surface area contributed by atoms with Crippen LogP contribution in [-0.4, -0.2) is 66.0 Å². The number of piperazine rings is 1. The van der Waals surface area contributed by atoms with Crippen molar-refractivity contribution in [1.29, 1.82) is 0 Å².